The molecule has 0 amide bonds. The third-order valence-electron chi connectivity index (χ3n) is 4.41. The van der Waals surface area contributed by atoms with E-state index < -0.39 is 0 Å². The quantitative estimate of drug-likeness (QED) is 0.546. The lowest BCUT2D eigenvalue weighted by molar-refractivity contribution is 0.244. The van der Waals surface area contributed by atoms with E-state index in [9.17, 15) is 0 Å². The zero-order valence-electron chi connectivity index (χ0n) is 14.6. The number of rotatable bonds is 1. The molecule has 0 aliphatic heterocycles. The molecule has 2 rings (SSSR count). The highest BCUT2D eigenvalue weighted by Crippen LogP contribution is 2.34. The van der Waals surface area contributed by atoms with Crippen LogP contribution in [0.4, 0.5) is 0 Å². The lowest BCUT2D eigenvalue weighted by Crippen LogP contribution is -2.14. The third kappa shape index (κ3) is 6.11. The fourth-order valence-corrected chi connectivity index (χ4v) is 2.77. The summed E-state index contributed by atoms with van der Waals surface area (Å²) in [5.41, 5.74) is 3.83. The second kappa shape index (κ2) is 7.29. The minimum absolute atomic E-state index is 0.283. The summed E-state index contributed by atoms with van der Waals surface area (Å²) in [6, 6.07) is 8.85. The van der Waals surface area contributed by atoms with Gasteiger partial charge in [-0.1, -0.05) is 85.1 Å². The summed E-state index contributed by atoms with van der Waals surface area (Å²) in [5.74, 6) is 0. The van der Waals surface area contributed by atoms with Gasteiger partial charge in [0.15, 0.2) is 0 Å². The van der Waals surface area contributed by atoms with Crippen molar-refractivity contribution in [3.05, 3.63) is 35.4 Å². The van der Waals surface area contributed by atoms with E-state index in [1.165, 1.54) is 43.2 Å². The van der Waals surface area contributed by atoms with Crippen molar-refractivity contribution in [2.24, 2.45) is 5.41 Å². The Morgan fingerprint density at radius 2 is 1.60 bits per heavy atom. The normalized spacial score (nSPS) is 18.1. The molecule has 1 saturated carbocycles. The average molecular weight is 274 g/mol. The monoisotopic (exact) mass is 274 g/mol. The van der Waals surface area contributed by atoms with Gasteiger partial charge in [-0.15, -0.1) is 0 Å². The van der Waals surface area contributed by atoms with Crippen molar-refractivity contribution in [3.63, 3.8) is 0 Å². The summed E-state index contributed by atoms with van der Waals surface area (Å²) < 4.78 is 0. The molecule has 0 N–H and O–H groups in total. The Kier molecular flexibility index (Phi) is 6.30. The summed E-state index contributed by atoms with van der Waals surface area (Å²) in [4.78, 5) is 0. The van der Waals surface area contributed by atoms with Crippen LogP contribution in [-0.2, 0) is 11.8 Å². The fraction of sp³-hybridized carbons (Fsp3) is 0.700. The highest BCUT2D eigenvalue weighted by Gasteiger charge is 2.19. The standard InChI is InChI=1S/C12H18.C8H16/c1-5-10-7-6-8-11(9-10)12(2,3)4;1-8(2)6-4-3-5-7-8/h6-9H,5H2,1-4H3;3-7H2,1-2H3. The molecule has 0 spiro atoms. The van der Waals surface area contributed by atoms with Crippen LogP contribution in [0.2, 0.25) is 0 Å². The van der Waals surface area contributed by atoms with E-state index in [-0.39, 0.29) is 5.41 Å². The van der Waals surface area contributed by atoms with Crippen LogP contribution in [0.25, 0.3) is 0 Å². The van der Waals surface area contributed by atoms with E-state index in [2.05, 4.69) is 65.8 Å². The maximum absolute atomic E-state index is 2.38. The predicted molar refractivity (Wildman–Crippen MR) is 91.4 cm³/mol. The summed E-state index contributed by atoms with van der Waals surface area (Å²) >= 11 is 0. The molecular weight excluding hydrogens is 240 g/mol. The molecule has 1 aliphatic carbocycles. The molecule has 0 bridgehead atoms. The molecule has 1 aromatic carbocycles. The smallest absolute Gasteiger partial charge is 0.0132 e. The van der Waals surface area contributed by atoms with Crippen LogP contribution in [-0.4, -0.2) is 0 Å². The molecule has 0 unspecified atom stereocenters. The van der Waals surface area contributed by atoms with Crippen LogP contribution in [0.1, 0.15) is 84.8 Å². The topological polar surface area (TPSA) is 0 Å². The van der Waals surface area contributed by atoms with Crippen LogP contribution >= 0.6 is 0 Å². The summed E-state index contributed by atoms with van der Waals surface area (Å²) in [6.07, 6.45) is 8.44. The van der Waals surface area contributed by atoms with Crippen LogP contribution < -0.4 is 0 Å². The molecule has 1 fully saturated rings. The van der Waals surface area contributed by atoms with Crippen molar-refractivity contribution < 1.29 is 0 Å². The second-order valence-electron chi connectivity index (χ2n) is 8.03. The molecule has 0 nitrogen and oxygen atoms in total. The molecule has 0 radical (unpaired) electrons. The molecule has 20 heavy (non-hydrogen) atoms. The predicted octanol–water partition coefficient (Wildman–Crippen LogP) is 6.52. The Balaban J connectivity index is 0.000000217. The molecule has 114 valence electrons. The molecule has 0 heterocycles. The zero-order valence-corrected chi connectivity index (χ0v) is 14.6. The van der Waals surface area contributed by atoms with Gasteiger partial charge in [0.2, 0.25) is 0 Å². The molecule has 0 atom stereocenters. The van der Waals surface area contributed by atoms with E-state index >= 15 is 0 Å². The van der Waals surface area contributed by atoms with E-state index in [4.69, 9.17) is 0 Å². The Bertz CT molecular complexity index is 385. The van der Waals surface area contributed by atoms with E-state index in [1.54, 1.807) is 0 Å². The lowest BCUT2D eigenvalue weighted by atomic mass is 9.78. The van der Waals surface area contributed by atoms with Gasteiger partial charge < -0.3 is 0 Å². The molecule has 1 aliphatic rings. The Morgan fingerprint density at radius 1 is 1.00 bits per heavy atom. The largest absolute Gasteiger partial charge is 0.0617 e. The molecule has 1 aromatic rings. The maximum atomic E-state index is 2.38. The van der Waals surface area contributed by atoms with Gasteiger partial charge in [-0.3, -0.25) is 0 Å². The van der Waals surface area contributed by atoms with Crippen molar-refractivity contribution in [1.82, 2.24) is 0 Å². The van der Waals surface area contributed by atoms with Crippen molar-refractivity contribution in [1.29, 1.82) is 0 Å². The Morgan fingerprint density at radius 3 is 2.00 bits per heavy atom. The minimum Gasteiger partial charge on any atom is -0.0617 e. The van der Waals surface area contributed by atoms with Gasteiger partial charge in [0.1, 0.15) is 0 Å². The van der Waals surface area contributed by atoms with Gasteiger partial charge in [0.25, 0.3) is 0 Å². The van der Waals surface area contributed by atoms with Crippen molar-refractivity contribution in [3.8, 4) is 0 Å². The van der Waals surface area contributed by atoms with Gasteiger partial charge in [0.05, 0.1) is 0 Å². The van der Waals surface area contributed by atoms with Gasteiger partial charge >= 0.3 is 0 Å². The Hall–Kier alpha value is -0.780. The zero-order chi connectivity index (χ0) is 15.2. The lowest BCUT2D eigenvalue weighted by Gasteiger charge is -2.28. The van der Waals surface area contributed by atoms with Gasteiger partial charge in [0, 0.05) is 0 Å². The SMILES string of the molecule is CC1(C)CCCCC1.CCc1cccc(C(C)(C)C)c1. The molecule has 0 aromatic heterocycles. The van der Waals surface area contributed by atoms with Gasteiger partial charge in [-0.2, -0.15) is 0 Å². The average Bonchev–Trinajstić information content (AvgIpc) is 2.38. The molecule has 0 saturated heterocycles. The number of hydrogen-bond acceptors (Lipinski definition) is 0. The fourth-order valence-electron chi connectivity index (χ4n) is 2.77. The van der Waals surface area contributed by atoms with Crippen molar-refractivity contribution in [2.45, 2.75) is 85.5 Å². The van der Waals surface area contributed by atoms with Crippen LogP contribution in [0.15, 0.2) is 24.3 Å². The Labute approximate surface area is 127 Å². The van der Waals surface area contributed by atoms with Gasteiger partial charge in [-0.25, -0.2) is 0 Å². The van der Waals surface area contributed by atoms with Crippen molar-refractivity contribution >= 4 is 0 Å². The number of hydrogen-bond donors (Lipinski definition) is 0. The summed E-state index contributed by atoms with van der Waals surface area (Å²) in [5, 5.41) is 0. The highest BCUT2D eigenvalue weighted by molar-refractivity contribution is 5.28. The van der Waals surface area contributed by atoms with Crippen LogP contribution in [0.5, 0.6) is 0 Å². The first-order valence-electron chi connectivity index (χ1n) is 8.34. The number of aryl methyl sites for hydroxylation is 1. The first kappa shape index (κ1) is 17.3. The maximum Gasteiger partial charge on any atom is -0.0132 e. The van der Waals surface area contributed by atoms with E-state index in [1.807, 2.05) is 0 Å². The first-order valence-corrected chi connectivity index (χ1v) is 8.34. The highest BCUT2D eigenvalue weighted by atomic mass is 14.3. The van der Waals surface area contributed by atoms with Gasteiger partial charge in [-0.05, 0) is 41.2 Å². The summed E-state index contributed by atoms with van der Waals surface area (Å²) in [7, 11) is 0. The second-order valence-corrected chi connectivity index (χ2v) is 8.03. The molecular formula is C20H34. The van der Waals surface area contributed by atoms with E-state index in [0.29, 0.717) is 5.41 Å². The van der Waals surface area contributed by atoms with Crippen molar-refractivity contribution in [2.75, 3.05) is 0 Å². The molecule has 0 heteroatoms. The van der Waals surface area contributed by atoms with Crippen LogP contribution in [0.3, 0.4) is 0 Å². The summed E-state index contributed by atoms with van der Waals surface area (Å²) in [6.45, 7) is 13.7. The van der Waals surface area contributed by atoms with E-state index in [0.717, 1.165) is 6.42 Å². The third-order valence-corrected chi connectivity index (χ3v) is 4.41. The minimum atomic E-state index is 0.283. The first-order chi connectivity index (χ1) is 9.24. The van der Waals surface area contributed by atoms with Crippen LogP contribution in [0, 0.1) is 5.41 Å². The number of benzene rings is 1.